The highest BCUT2D eigenvalue weighted by molar-refractivity contribution is 7.90. The lowest BCUT2D eigenvalue weighted by Gasteiger charge is -2.29. The highest BCUT2D eigenvalue weighted by atomic mass is 32.2. The molecule has 1 aromatic heterocycles. The maximum atomic E-state index is 12.0. The van der Waals surface area contributed by atoms with Crippen molar-refractivity contribution in [2.24, 2.45) is 16.2 Å². The van der Waals surface area contributed by atoms with Crippen molar-refractivity contribution in [3.63, 3.8) is 0 Å². The third-order valence-electron chi connectivity index (χ3n) is 6.90. The minimum atomic E-state index is -3.35. The van der Waals surface area contributed by atoms with Crippen LogP contribution in [0.4, 0.5) is 0 Å². The molecule has 286 valence electrons. The van der Waals surface area contributed by atoms with Crippen molar-refractivity contribution in [1.82, 2.24) is 24.4 Å². The first-order valence-corrected chi connectivity index (χ1v) is 18.9. The quantitative estimate of drug-likeness (QED) is 0.245. The number of Topliss-reactive ketones (excluding diaryl/α,β-unsaturated/α-hetero) is 1. The molecule has 2 fully saturated rings. The van der Waals surface area contributed by atoms with Gasteiger partial charge in [-0.2, -0.15) is 0 Å². The molecule has 0 aliphatic carbocycles. The van der Waals surface area contributed by atoms with Crippen molar-refractivity contribution in [1.29, 1.82) is 0 Å². The van der Waals surface area contributed by atoms with Crippen LogP contribution in [0.5, 0.6) is 0 Å². The van der Waals surface area contributed by atoms with E-state index in [2.05, 4.69) is 19.8 Å². The van der Waals surface area contributed by atoms with Crippen LogP contribution in [0.1, 0.15) is 150 Å². The standard InChI is InChI=1S/C11H19N3O.C11H23NO3S.C10H21NO3S.2CH4/c1-10(2,3)9(15)8-7-14(13-12-8)11(4,5)6;1-9(2,3)11(7-15-11)8-16(13,14)12-10(4,5)6;1-9(2,3)7-8(14-7)15(12,13)11-10(4,5)6;;/h7H,1-6H3;12H,7-8H2,1-6H3;7-8,11H,1-6H3;2*1H4. The number of carbonyl (C=O) groups is 1. The van der Waals surface area contributed by atoms with Crippen molar-refractivity contribution in [2.75, 3.05) is 12.4 Å². The van der Waals surface area contributed by atoms with Crippen molar-refractivity contribution in [3.05, 3.63) is 11.9 Å². The lowest BCUT2D eigenvalue weighted by atomic mass is 9.82. The topological polar surface area (TPSA) is 165 Å². The monoisotopic (exact) mass is 725 g/mol. The summed E-state index contributed by atoms with van der Waals surface area (Å²) in [6, 6.07) is 0. The van der Waals surface area contributed by atoms with Gasteiger partial charge in [-0.15, -0.1) is 5.10 Å². The van der Waals surface area contributed by atoms with Gasteiger partial charge in [-0.05, 0) is 73.1 Å². The van der Waals surface area contributed by atoms with Gasteiger partial charge in [0.05, 0.1) is 24.1 Å². The minimum Gasteiger partial charge on any atom is -0.368 e. The van der Waals surface area contributed by atoms with E-state index in [4.69, 9.17) is 9.47 Å². The zero-order chi connectivity index (χ0) is 36.8. The Morgan fingerprint density at radius 1 is 0.833 bits per heavy atom. The van der Waals surface area contributed by atoms with Crippen molar-refractivity contribution in [3.8, 4) is 0 Å². The van der Waals surface area contributed by atoms with E-state index in [1.165, 1.54) is 0 Å². The van der Waals surface area contributed by atoms with Crippen LogP contribution in [0, 0.1) is 16.2 Å². The molecule has 0 aromatic carbocycles. The number of ether oxygens (including phenoxy) is 2. The van der Waals surface area contributed by atoms with E-state index in [1.807, 2.05) is 125 Å². The van der Waals surface area contributed by atoms with Crippen LogP contribution < -0.4 is 9.44 Å². The van der Waals surface area contributed by atoms with Crippen molar-refractivity contribution >= 4 is 25.8 Å². The minimum absolute atomic E-state index is 0. The molecule has 3 atom stereocenters. The van der Waals surface area contributed by atoms with Gasteiger partial charge in [0.2, 0.25) is 20.0 Å². The highest BCUT2D eigenvalue weighted by Gasteiger charge is 2.57. The predicted octanol–water partition coefficient (Wildman–Crippen LogP) is 6.53. The van der Waals surface area contributed by atoms with Crippen LogP contribution in [0.2, 0.25) is 0 Å². The second-order valence-electron chi connectivity index (χ2n) is 18.6. The molecular formula is C34H71N5O7S2. The summed E-state index contributed by atoms with van der Waals surface area (Å²) >= 11 is 0. The molecule has 0 radical (unpaired) electrons. The first-order valence-electron chi connectivity index (χ1n) is 15.7. The normalized spacial score (nSPS) is 21.7. The highest BCUT2D eigenvalue weighted by Crippen LogP contribution is 2.45. The fourth-order valence-electron chi connectivity index (χ4n) is 4.14. The summed E-state index contributed by atoms with van der Waals surface area (Å²) in [5.74, 6) is 0.0684. The summed E-state index contributed by atoms with van der Waals surface area (Å²) in [6.45, 7) is 35.1. The third kappa shape index (κ3) is 15.6. The number of epoxide rings is 2. The molecule has 2 aliphatic heterocycles. The van der Waals surface area contributed by atoms with Crippen molar-refractivity contribution < 1.29 is 31.1 Å². The number of aromatic nitrogens is 3. The van der Waals surface area contributed by atoms with Gasteiger partial charge in [0.15, 0.2) is 11.2 Å². The summed E-state index contributed by atoms with van der Waals surface area (Å²) in [5.41, 5.74) is -2.46. The number of hydrogen-bond acceptors (Lipinski definition) is 9. The van der Waals surface area contributed by atoms with Gasteiger partial charge in [-0.3, -0.25) is 4.79 Å². The predicted molar refractivity (Wildman–Crippen MR) is 197 cm³/mol. The van der Waals surface area contributed by atoms with Crippen LogP contribution in [-0.2, 0) is 35.1 Å². The maximum Gasteiger partial charge on any atom is 0.241 e. The Hall–Kier alpha value is -1.45. The Bertz CT molecular complexity index is 1410. The number of nitrogens with one attached hydrogen (secondary N) is 2. The molecule has 3 unspecified atom stereocenters. The summed E-state index contributed by atoms with van der Waals surface area (Å²) in [7, 11) is -6.64. The van der Waals surface area contributed by atoms with Crippen LogP contribution in [0.15, 0.2) is 6.20 Å². The number of sulfonamides is 2. The van der Waals surface area contributed by atoms with E-state index >= 15 is 0 Å². The molecule has 12 nitrogen and oxygen atoms in total. The SMILES string of the molecule is C.C.CC(C)(C)C(=O)c1cn(C(C)(C)C)nn1.CC(C)(C)NS(=O)(=O)C1OC1C(C)(C)C.CC(C)(C)NS(=O)(=O)CC1(C(C)(C)C)CO1. The first-order chi connectivity index (χ1) is 19.9. The number of hydrogen-bond donors (Lipinski definition) is 2. The van der Waals surface area contributed by atoms with Crippen LogP contribution >= 0.6 is 0 Å². The fraction of sp³-hybridized carbons (Fsp3) is 0.912. The van der Waals surface area contributed by atoms with Gasteiger partial charge >= 0.3 is 0 Å². The Labute approximate surface area is 294 Å². The van der Waals surface area contributed by atoms with Crippen LogP contribution in [-0.4, -0.2) is 78.2 Å². The van der Waals surface area contributed by atoms with E-state index < -0.39 is 47.6 Å². The first kappa shape index (κ1) is 48.7. The summed E-state index contributed by atoms with van der Waals surface area (Å²) in [5, 5.41) is 7.88. The molecule has 0 bridgehead atoms. The van der Waals surface area contributed by atoms with E-state index in [9.17, 15) is 21.6 Å². The van der Waals surface area contributed by atoms with Gasteiger partial charge < -0.3 is 9.47 Å². The average Bonchev–Trinajstić information content (AvgIpc) is 3.65. The smallest absolute Gasteiger partial charge is 0.241 e. The second kappa shape index (κ2) is 15.4. The zero-order valence-electron chi connectivity index (χ0n) is 31.7. The number of carbonyl (C=O) groups excluding carboxylic acids is 1. The Balaban J connectivity index is 0. The largest absolute Gasteiger partial charge is 0.368 e. The lowest BCUT2D eigenvalue weighted by Crippen LogP contribution is -2.47. The van der Waals surface area contributed by atoms with Gasteiger partial charge in [-0.1, -0.05) is 82.4 Å². The van der Waals surface area contributed by atoms with Gasteiger partial charge in [0, 0.05) is 16.5 Å². The Morgan fingerprint density at radius 3 is 1.54 bits per heavy atom. The molecule has 0 spiro atoms. The second-order valence-corrected chi connectivity index (χ2v) is 22.1. The van der Waals surface area contributed by atoms with Crippen molar-refractivity contribution in [2.45, 2.75) is 173 Å². The molecule has 0 saturated carbocycles. The number of rotatable bonds is 6. The molecule has 3 heterocycles. The summed E-state index contributed by atoms with van der Waals surface area (Å²) < 4.78 is 65.2. The molecule has 1 aromatic rings. The Morgan fingerprint density at radius 2 is 1.27 bits per heavy atom. The summed E-state index contributed by atoms with van der Waals surface area (Å²) in [4.78, 5) is 11.9. The van der Waals surface area contributed by atoms with Crippen LogP contribution in [0.3, 0.4) is 0 Å². The number of ketones is 1. The molecule has 3 rings (SSSR count). The molecular weight excluding hydrogens is 655 g/mol. The molecule has 2 aliphatic rings. The molecule has 48 heavy (non-hydrogen) atoms. The van der Waals surface area contributed by atoms with Gasteiger partial charge in [-0.25, -0.2) is 31.0 Å². The van der Waals surface area contributed by atoms with E-state index in [-0.39, 0.29) is 48.9 Å². The number of nitrogens with zero attached hydrogens (tertiary/aromatic N) is 3. The van der Waals surface area contributed by atoms with E-state index in [0.29, 0.717) is 12.3 Å². The molecule has 0 amide bonds. The maximum absolute atomic E-state index is 12.0. The van der Waals surface area contributed by atoms with E-state index in [0.717, 1.165) is 0 Å². The Kier molecular flexibility index (Phi) is 15.6. The lowest BCUT2D eigenvalue weighted by molar-refractivity contribution is 0.0852. The molecule has 14 heteroatoms. The molecule has 2 saturated heterocycles. The summed E-state index contributed by atoms with van der Waals surface area (Å²) in [6.07, 6.45) is 1.52. The third-order valence-corrected chi connectivity index (χ3v) is 10.5. The average molecular weight is 726 g/mol. The molecule has 2 N–H and O–H groups in total. The fourth-order valence-corrected chi connectivity index (χ4v) is 8.33. The van der Waals surface area contributed by atoms with Crippen LogP contribution in [0.25, 0.3) is 0 Å². The zero-order valence-corrected chi connectivity index (χ0v) is 33.3. The van der Waals surface area contributed by atoms with Gasteiger partial charge in [0.25, 0.3) is 0 Å². The van der Waals surface area contributed by atoms with E-state index in [1.54, 1.807) is 10.9 Å². The van der Waals surface area contributed by atoms with Gasteiger partial charge in [0.1, 0.15) is 17.4 Å².